The third-order valence-corrected chi connectivity index (χ3v) is 2.01. The molecule has 15 heavy (non-hydrogen) atoms. The Hall–Kier alpha value is -1.56. The van der Waals surface area contributed by atoms with E-state index in [0.29, 0.717) is 6.54 Å². The van der Waals surface area contributed by atoms with Crippen molar-refractivity contribution in [3.63, 3.8) is 0 Å². The molecule has 0 saturated carbocycles. The van der Waals surface area contributed by atoms with E-state index in [2.05, 4.69) is 20.5 Å². The summed E-state index contributed by atoms with van der Waals surface area (Å²) in [7, 11) is 0. The van der Waals surface area contributed by atoms with Gasteiger partial charge < -0.3 is 5.73 Å². The number of hydrogen-bond acceptors (Lipinski definition) is 5. The molecule has 1 heterocycles. The van der Waals surface area contributed by atoms with Crippen LogP contribution in [-0.2, 0) is 4.79 Å². The van der Waals surface area contributed by atoms with E-state index in [4.69, 9.17) is 5.73 Å². The molecular weight excluding hydrogens is 194 g/mol. The minimum Gasteiger partial charge on any atom is -0.330 e. The van der Waals surface area contributed by atoms with Crippen LogP contribution in [0.1, 0.15) is 19.8 Å². The van der Waals surface area contributed by atoms with Crippen molar-refractivity contribution in [2.75, 3.05) is 11.9 Å². The molecule has 1 rings (SSSR count). The van der Waals surface area contributed by atoms with E-state index in [1.54, 1.807) is 0 Å². The summed E-state index contributed by atoms with van der Waals surface area (Å²) in [6.45, 7) is 2.34. The summed E-state index contributed by atoms with van der Waals surface area (Å²) in [5.41, 5.74) is 5.50. The molecule has 1 unspecified atom stereocenters. The zero-order valence-corrected chi connectivity index (χ0v) is 8.68. The van der Waals surface area contributed by atoms with E-state index in [0.717, 1.165) is 12.8 Å². The molecule has 3 N–H and O–H groups in total. The quantitative estimate of drug-likeness (QED) is 0.721. The van der Waals surface area contributed by atoms with E-state index in [9.17, 15) is 4.79 Å². The molecule has 0 aromatic carbocycles. The molecule has 0 bridgehead atoms. The second-order valence-corrected chi connectivity index (χ2v) is 3.18. The largest absolute Gasteiger partial charge is 0.330 e. The maximum Gasteiger partial charge on any atom is 0.249 e. The lowest BCUT2D eigenvalue weighted by molar-refractivity contribution is -0.119. The molecule has 1 atom stereocenters. The van der Waals surface area contributed by atoms with Crippen molar-refractivity contribution in [1.82, 2.24) is 15.2 Å². The van der Waals surface area contributed by atoms with Gasteiger partial charge in [-0.15, -0.1) is 5.10 Å². The third-order valence-electron chi connectivity index (χ3n) is 2.01. The molecule has 0 aliphatic carbocycles. The number of hydrogen-bond donors (Lipinski definition) is 2. The van der Waals surface area contributed by atoms with E-state index in [1.165, 1.54) is 12.4 Å². The second-order valence-electron chi connectivity index (χ2n) is 3.18. The zero-order chi connectivity index (χ0) is 11.1. The van der Waals surface area contributed by atoms with Gasteiger partial charge in [0.15, 0.2) is 0 Å². The second kappa shape index (κ2) is 6.02. The topological polar surface area (TPSA) is 93.8 Å². The summed E-state index contributed by atoms with van der Waals surface area (Å²) >= 11 is 0. The summed E-state index contributed by atoms with van der Waals surface area (Å²) in [5, 5.41) is 9.85. The van der Waals surface area contributed by atoms with Crippen molar-refractivity contribution >= 4 is 11.9 Å². The normalized spacial score (nSPS) is 12.1. The third kappa shape index (κ3) is 3.59. The lowest BCUT2D eigenvalue weighted by atomic mass is 10.0. The minimum atomic E-state index is -0.182. The molecule has 1 aromatic heterocycles. The molecular formula is C9H15N5O. The van der Waals surface area contributed by atoms with Gasteiger partial charge >= 0.3 is 0 Å². The van der Waals surface area contributed by atoms with Gasteiger partial charge in [-0.3, -0.25) is 10.1 Å². The van der Waals surface area contributed by atoms with E-state index >= 15 is 0 Å². The highest BCUT2D eigenvalue weighted by atomic mass is 16.2. The zero-order valence-electron chi connectivity index (χ0n) is 8.68. The maximum atomic E-state index is 11.6. The van der Waals surface area contributed by atoms with E-state index in [-0.39, 0.29) is 17.8 Å². The Morgan fingerprint density at radius 2 is 2.40 bits per heavy atom. The van der Waals surface area contributed by atoms with Gasteiger partial charge in [-0.05, 0) is 6.42 Å². The molecule has 0 fully saturated rings. The van der Waals surface area contributed by atoms with Crippen molar-refractivity contribution in [1.29, 1.82) is 0 Å². The maximum absolute atomic E-state index is 11.6. The molecule has 0 aliphatic heterocycles. The van der Waals surface area contributed by atoms with Gasteiger partial charge in [0.1, 0.15) is 0 Å². The monoisotopic (exact) mass is 209 g/mol. The smallest absolute Gasteiger partial charge is 0.249 e. The lowest BCUT2D eigenvalue weighted by Crippen LogP contribution is -2.29. The van der Waals surface area contributed by atoms with Crippen molar-refractivity contribution < 1.29 is 4.79 Å². The van der Waals surface area contributed by atoms with E-state index in [1.807, 2.05) is 6.92 Å². The SMILES string of the molecule is CCCC(CN)C(=O)Nc1nccnn1. The van der Waals surface area contributed by atoms with Crippen molar-refractivity contribution in [3.05, 3.63) is 12.4 Å². The van der Waals surface area contributed by atoms with Gasteiger partial charge in [0, 0.05) is 6.54 Å². The molecule has 6 nitrogen and oxygen atoms in total. The number of nitrogens with two attached hydrogens (primary N) is 1. The number of rotatable bonds is 5. The fourth-order valence-corrected chi connectivity index (χ4v) is 1.22. The van der Waals surface area contributed by atoms with Crippen LogP contribution in [0.5, 0.6) is 0 Å². The first kappa shape index (κ1) is 11.5. The van der Waals surface area contributed by atoms with Crippen LogP contribution >= 0.6 is 0 Å². The van der Waals surface area contributed by atoms with Gasteiger partial charge in [0.25, 0.3) is 0 Å². The summed E-state index contributed by atoms with van der Waals surface area (Å²) < 4.78 is 0. The molecule has 0 spiro atoms. The fourth-order valence-electron chi connectivity index (χ4n) is 1.22. The number of anilines is 1. The lowest BCUT2D eigenvalue weighted by Gasteiger charge is -2.12. The van der Waals surface area contributed by atoms with Crippen LogP contribution in [0, 0.1) is 5.92 Å². The Morgan fingerprint density at radius 1 is 1.60 bits per heavy atom. The molecule has 6 heteroatoms. The molecule has 0 aliphatic rings. The molecule has 0 radical (unpaired) electrons. The highest BCUT2D eigenvalue weighted by Crippen LogP contribution is 2.06. The van der Waals surface area contributed by atoms with Crippen LogP contribution in [0.3, 0.4) is 0 Å². The summed E-state index contributed by atoms with van der Waals surface area (Å²) in [6, 6.07) is 0. The van der Waals surface area contributed by atoms with Crippen LogP contribution in [-0.4, -0.2) is 27.6 Å². The number of amides is 1. The van der Waals surface area contributed by atoms with Crippen LogP contribution in [0.2, 0.25) is 0 Å². The molecule has 0 saturated heterocycles. The molecule has 1 amide bonds. The Balaban J connectivity index is 2.54. The first-order chi connectivity index (χ1) is 7.27. The summed E-state index contributed by atoms with van der Waals surface area (Å²) in [6.07, 6.45) is 4.60. The molecule has 82 valence electrons. The first-order valence-corrected chi connectivity index (χ1v) is 4.92. The highest BCUT2D eigenvalue weighted by molar-refractivity contribution is 5.90. The predicted octanol–water partition coefficient (Wildman–Crippen LogP) is 0.185. The summed E-state index contributed by atoms with van der Waals surface area (Å²) in [5.74, 6) is -0.108. The van der Waals surface area contributed by atoms with Crippen LogP contribution < -0.4 is 11.1 Å². The van der Waals surface area contributed by atoms with Gasteiger partial charge in [-0.1, -0.05) is 13.3 Å². The Labute approximate surface area is 88.3 Å². The standard InChI is InChI=1S/C9H15N5O/c1-2-3-7(6-10)8(15)13-9-11-4-5-12-14-9/h4-5,7H,2-3,6,10H2,1H3,(H,11,13,14,15). The van der Waals surface area contributed by atoms with Crippen molar-refractivity contribution in [2.45, 2.75) is 19.8 Å². The number of carbonyl (C=O) groups excluding carboxylic acids is 1. The highest BCUT2D eigenvalue weighted by Gasteiger charge is 2.16. The van der Waals surface area contributed by atoms with Gasteiger partial charge in [-0.25, -0.2) is 4.98 Å². The summed E-state index contributed by atoms with van der Waals surface area (Å²) in [4.78, 5) is 15.5. The van der Waals surface area contributed by atoms with Gasteiger partial charge in [0.05, 0.1) is 18.3 Å². The number of nitrogens with zero attached hydrogens (tertiary/aromatic N) is 3. The van der Waals surface area contributed by atoms with Crippen molar-refractivity contribution in [2.24, 2.45) is 11.7 Å². The van der Waals surface area contributed by atoms with Crippen molar-refractivity contribution in [3.8, 4) is 0 Å². The van der Waals surface area contributed by atoms with Crippen LogP contribution in [0.4, 0.5) is 5.95 Å². The number of aromatic nitrogens is 3. The number of nitrogens with one attached hydrogen (secondary N) is 1. The Kier molecular flexibility index (Phi) is 4.62. The van der Waals surface area contributed by atoms with Gasteiger partial charge in [0.2, 0.25) is 11.9 Å². The average Bonchev–Trinajstić information content (AvgIpc) is 2.27. The van der Waals surface area contributed by atoms with Crippen LogP contribution in [0.15, 0.2) is 12.4 Å². The Morgan fingerprint density at radius 3 is 2.93 bits per heavy atom. The first-order valence-electron chi connectivity index (χ1n) is 4.92. The number of carbonyl (C=O) groups is 1. The van der Waals surface area contributed by atoms with E-state index < -0.39 is 0 Å². The average molecular weight is 209 g/mol. The predicted molar refractivity (Wildman–Crippen MR) is 55.9 cm³/mol. The Bertz CT molecular complexity index is 303. The molecule has 1 aromatic rings. The van der Waals surface area contributed by atoms with Crippen LogP contribution in [0.25, 0.3) is 0 Å². The fraction of sp³-hybridized carbons (Fsp3) is 0.556. The minimum absolute atomic E-state index is 0.146. The van der Waals surface area contributed by atoms with Gasteiger partial charge in [-0.2, -0.15) is 5.10 Å².